The van der Waals surface area contributed by atoms with Gasteiger partial charge in [0, 0.05) is 5.69 Å². The Morgan fingerprint density at radius 3 is 2.28 bits per heavy atom. The molecule has 0 unspecified atom stereocenters. The number of carbonyl (C=O) groups is 3. The standard InChI is InChI=1S/C19H16ClF3N2O4/c1-11(24-17(27)14-4-2-3-5-15(14)20)18(28)29-10-16(26)25-13-8-6-12(7-9-13)19(21,22)23/h2-9,11H,10H2,1H3,(H,24,27)(H,25,26)/t11-/m0/s1. The van der Waals surface area contributed by atoms with Crippen LogP contribution >= 0.6 is 11.6 Å². The number of benzene rings is 2. The Morgan fingerprint density at radius 2 is 1.69 bits per heavy atom. The summed E-state index contributed by atoms with van der Waals surface area (Å²) in [6, 6.07) is 8.98. The molecule has 0 aromatic heterocycles. The number of hydrogen-bond acceptors (Lipinski definition) is 4. The molecule has 0 aliphatic heterocycles. The number of anilines is 1. The average Bonchev–Trinajstić information content (AvgIpc) is 2.66. The molecule has 2 amide bonds. The topological polar surface area (TPSA) is 84.5 Å². The summed E-state index contributed by atoms with van der Waals surface area (Å²) >= 11 is 5.90. The van der Waals surface area contributed by atoms with Crippen molar-refractivity contribution in [2.45, 2.75) is 19.1 Å². The smallest absolute Gasteiger partial charge is 0.416 e. The van der Waals surface area contributed by atoms with Gasteiger partial charge in [-0.1, -0.05) is 23.7 Å². The van der Waals surface area contributed by atoms with Crippen LogP contribution in [0.2, 0.25) is 5.02 Å². The van der Waals surface area contributed by atoms with Gasteiger partial charge in [-0.25, -0.2) is 4.79 Å². The lowest BCUT2D eigenvalue weighted by Crippen LogP contribution is -2.40. The van der Waals surface area contributed by atoms with Gasteiger partial charge in [-0.2, -0.15) is 13.2 Å². The number of ether oxygens (including phenoxy) is 1. The van der Waals surface area contributed by atoms with Crippen molar-refractivity contribution in [3.05, 3.63) is 64.7 Å². The molecule has 0 aliphatic carbocycles. The van der Waals surface area contributed by atoms with Crippen LogP contribution in [0.4, 0.5) is 18.9 Å². The van der Waals surface area contributed by atoms with Gasteiger partial charge in [0.05, 0.1) is 16.1 Å². The second-order valence-electron chi connectivity index (χ2n) is 5.91. The van der Waals surface area contributed by atoms with Crippen molar-refractivity contribution < 1.29 is 32.3 Å². The molecule has 6 nitrogen and oxygen atoms in total. The van der Waals surface area contributed by atoms with Crippen LogP contribution < -0.4 is 10.6 Å². The SMILES string of the molecule is C[C@H](NC(=O)c1ccccc1Cl)C(=O)OCC(=O)Nc1ccc(C(F)(F)F)cc1. The molecule has 1 atom stereocenters. The monoisotopic (exact) mass is 428 g/mol. The molecule has 0 saturated heterocycles. The fourth-order valence-electron chi connectivity index (χ4n) is 2.18. The molecule has 0 fully saturated rings. The Hall–Kier alpha value is -3.07. The molecular formula is C19H16ClF3N2O4. The van der Waals surface area contributed by atoms with Crippen LogP contribution in [0.3, 0.4) is 0 Å². The van der Waals surface area contributed by atoms with E-state index >= 15 is 0 Å². The van der Waals surface area contributed by atoms with Gasteiger partial charge in [-0.15, -0.1) is 0 Å². The third kappa shape index (κ3) is 6.49. The molecule has 0 bridgehead atoms. The molecule has 0 spiro atoms. The highest BCUT2D eigenvalue weighted by molar-refractivity contribution is 6.33. The highest BCUT2D eigenvalue weighted by Crippen LogP contribution is 2.29. The second kappa shape index (κ2) is 9.42. The van der Waals surface area contributed by atoms with Gasteiger partial charge < -0.3 is 15.4 Å². The van der Waals surface area contributed by atoms with E-state index in [1.165, 1.54) is 19.1 Å². The maximum atomic E-state index is 12.5. The third-order valence-corrected chi connectivity index (χ3v) is 3.99. The van der Waals surface area contributed by atoms with E-state index in [2.05, 4.69) is 10.6 Å². The number of rotatable bonds is 6. The lowest BCUT2D eigenvalue weighted by molar-refractivity contribution is -0.148. The number of halogens is 4. The summed E-state index contributed by atoms with van der Waals surface area (Å²) < 4.78 is 42.3. The zero-order chi connectivity index (χ0) is 21.6. The molecular weight excluding hydrogens is 413 g/mol. The maximum absolute atomic E-state index is 12.5. The zero-order valence-corrected chi connectivity index (χ0v) is 15.8. The fraction of sp³-hybridized carbons (Fsp3) is 0.211. The first kappa shape index (κ1) is 22.2. The van der Waals surface area contributed by atoms with Crippen LogP contribution in [-0.2, 0) is 20.5 Å². The van der Waals surface area contributed by atoms with Crippen LogP contribution in [0.15, 0.2) is 48.5 Å². The second-order valence-corrected chi connectivity index (χ2v) is 6.31. The summed E-state index contributed by atoms with van der Waals surface area (Å²) in [6.07, 6.45) is -4.48. The van der Waals surface area contributed by atoms with Gasteiger partial charge in [-0.3, -0.25) is 9.59 Å². The van der Waals surface area contributed by atoms with Gasteiger partial charge >= 0.3 is 12.1 Å². The molecule has 10 heteroatoms. The minimum atomic E-state index is -4.48. The van der Waals surface area contributed by atoms with Crippen molar-refractivity contribution in [2.75, 3.05) is 11.9 Å². The van der Waals surface area contributed by atoms with Gasteiger partial charge in [-0.05, 0) is 43.3 Å². The molecule has 0 saturated carbocycles. The van der Waals surface area contributed by atoms with E-state index in [1.54, 1.807) is 12.1 Å². The fourth-order valence-corrected chi connectivity index (χ4v) is 2.40. The van der Waals surface area contributed by atoms with Gasteiger partial charge in [0.15, 0.2) is 6.61 Å². The molecule has 2 aromatic rings. The van der Waals surface area contributed by atoms with Gasteiger partial charge in [0.25, 0.3) is 11.8 Å². The minimum absolute atomic E-state index is 0.110. The maximum Gasteiger partial charge on any atom is 0.416 e. The van der Waals surface area contributed by atoms with Gasteiger partial charge in [0.2, 0.25) is 0 Å². The molecule has 2 aromatic carbocycles. The quantitative estimate of drug-likeness (QED) is 0.688. The highest BCUT2D eigenvalue weighted by atomic mass is 35.5. The lowest BCUT2D eigenvalue weighted by Gasteiger charge is -2.14. The van der Waals surface area contributed by atoms with Crippen molar-refractivity contribution in [3.8, 4) is 0 Å². The Bertz CT molecular complexity index is 901. The predicted octanol–water partition coefficient (Wildman–Crippen LogP) is 3.66. The van der Waals surface area contributed by atoms with Crippen molar-refractivity contribution in [1.29, 1.82) is 0 Å². The number of hydrogen-bond donors (Lipinski definition) is 2. The Labute approximate surface area is 169 Å². The van der Waals surface area contributed by atoms with E-state index in [-0.39, 0.29) is 16.3 Å². The highest BCUT2D eigenvalue weighted by Gasteiger charge is 2.30. The predicted molar refractivity (Wildman–Crippen MR) is 99.4 cm³/mol. The van der Waals surface area contributed by atoms with E-state index in [4.69, 9.17) is 16.3 Å². The van der Waals surface area contributed by atoms with Crippen LogP contribution in [0.5, 0.6) is 0 Å². The Balaban J connectivity index is 1.82. The number of carbonyl (C=O) groups excluding carboxylic acids is 3. The lowest BCUT2D eigenvalue weighted by atomic mass is 10.2. The summed E-state index contributed by atoms with van der Waals surface area (Å²) in [7, 11) is 0. The molecule has 0 radical (unpaired) electrons. The molecule has 2 rings (SSSR count). The zero-order valence-electron chi connectivity index (χ0n) is 15.0. The van der Waals surface area contributed by atoms with E-state index in [0.717, 1.165) is 24.3 Å². The molecule has 0 heterocycles. The third-order valence-electron chi connectivity index (χ3n) is 3.66. The first-order valence-electron chi connectivity index (χ1n) is 8.27. The largest absolute Gasteiger partial charge is 0.454 e. The van der Waals surface area contributed by atoms with Crippen molar-refractivity contribution >= 4 is 35.1 Å². The van der Waals surface area contributed by atoms with Crippen molar-refractivity contribution in [2.24, 2.45) is 0 Å². The summed E-state index contributed by atoms with van der Waals surface area (Å²) in [5.41, 5.74) is -0.571. The summed E-state index contributed by atoms with van der Waals surface area (Å²) in [5, 5.41) is 4.90. The van der Waals surface area contributed by atoms with E-state index < -0.39 is 42.2 Å². The van der Waals surface area contributed by atoms with E-state index in [9.17, 15) is 27.6 Å². The Morgan fingerprint density at radius 1 is 1.07 bits per heavy atom. The summed E-state index contributed by atoms with van der Waals surface area (Å²) in [6.45, 7) is 0.691. The van der Waals surface area contributed by atoms with Crippen molar-refractivity contribution in [3.63, 3.8) is 0 Å². The number of nitrogens with one attached hydrogen (secondary N) is 2. The molecule has 29 heavy (non-hydrogen) atoms. The van der Waals surface area contributed by atoms with Crippen LogP contribution in [-0.4, -0.2) is 30.4 Å². The first-order valence-corrected chi connectivity index (χ1v) is 8.65. The van der Waals surface area contributed by atoms with Crippen LogP contribution in [0.25, 0.3) is 0 Å². The number of alkyl halides is 3. The molecule has 154 valence electrons. The molecule has 0 aliphatic rings. The average molecular weight is 429 g/mol. The minimum Gasteiger partial charge on any atom is -0.454 e. The Kier molecular flexibility index (Phi) is 7.22. The van der Waals surface area contributed by atoms with Crippen molar-refractivity contribution in [1.82, 2.24) is 5.32 Å². The van der Waals surface area contributed by atoms with Crippen LogP contribution in [0, 0.1) is 0 Å². The van der Waals surface area contributed by atoms with E-state index in [0.29, 0.717) is 0 Å². The summed E-state index contributed by atoms with van der Waals surface area (Å²) in [4.78, 5) is 35.8. The van der Waals surface area contributed by atoms with E-state index in [1.807, 2.05) is 0 Å². The normalized spacial score (nSPS) is 12.0. The summed E-state index contributed by atoms with van der Waals surface area (Å²) in [5.74, 6) is -2.20. The van der Waals surface area contributed by atoms with Crippen LogP contribution in [0.1, 0.15) is 22.8 Å². The number of amides is 2. The first-order chi connectivity index (χ1) is 13.6. The molecule has 2 N–H and O–H groups in total. The number of esters is 1. The van der Waals surface area contributed by atoms with Gasteiger partial charge in [0.1, 0.15) is 6.04 Å².